The summed E-state index contributed by atoms with van der Waals surface area (Å²) in [6, 6.07) is 11.6. The molecule has 0 aliphatic heterocycles. The lowest BCUT2D eigenvalue weighted by molar-refractivity contribution is -0.710. The van der Waals surface area contributed by atoms with Gasteiger partial charge in [-0.2, -0.15) is 0 Å². The molecule has 0 bridgehead atoms. The molecule has 2 rings (SSSR count). The van der Waals surface area contributed by atoms with Crippen molar-refractivity contribution in [1.29, 1.82) is 0 Å². The number of hydrazine groups is 1. The first-order chi connectivity index (χ1) is 15.9. The number of hydrogen-bond donors (Lipinski definition) is 1. The van der Waals surface area contributed by atoms with E-state index in [1.54, 1.807) is 56.3 Å². The van der Waals surface area contributed by atoms with Crippen molar-refractivity contribution in [3.8, 4) is 5.75 Å². The Bertz CT molecular complexity index is 964. The number of ether oxygens (including phenoxy) is 2. The number of carbonyl (C=O) groups excluding carboxylic acids is 2. The molecule has 2 aromatic rings. The van der Waals surface area contributed by atoms with E-state index in [9.17, 15) is 14.8 Å². The van der Waals surface area contributed by atoms with Gasteiger partial charge in [-0.05, 0) is 56.2 Å². The monoisotopic (exact) mass is 478 g/mol. The first-order valence-corrected chi connectivity index (χ1v) is 10.7. The van der Waals surface area contributed by atoms with Gasteiger partial charge in [-0.1, -0.05) is 23.7 Å². The van der Waals surface area contributed by atoms with Crippen molar-refractivity contribution in [3.05, 3.63) is 69.4 Å². The molecule has 11 heteroatoms. The molecular weight excluding hydrogens is 452 g/mol. The van der Waals surface area contributed by atoms with Crippen LogP contribution in [-0.2, 0) is 16.0 Å². The number of nitrogens with one attached hydrogen (secondary N) is 1. The molecule has 0 aliphatic rings. The third-order valence-corrected chi connectivity index (χ3v) is 4.87. The predicted octanol–water partition coefficient (Wildman–Crippen LogP) is 3.59. The van der Waals surface area contributed by atoms with Gasteiger partial charge >= 0.3 is 5.97 Å². The third kappa shape index (κ3) is 7.83. The van der Waals surface area contributed by atoms with E-state index in [-0.39, 0.29) is 5.91 Å². The van der Waals surface area contributed by atoms with Crippen LogP contribution in [0.3, 0.4) is 0 Å². The van der Waals surface area contributed by atoms with E-state index >= 15 is 0 Å². The summed E-state index contributed by atoms with van der Waals surface area (Å²) in [5.41, 5.74) is 1.59. The Kier molecular flexibility index (Phi) is 10.2. The van der Waals surface area contributed by atoms with Gasteiger partial charge in [0.25, 0.3) is 12.7 Å². The lowest BCUT2D eigenvalue weighted by atomic mass is 10.1. The van der Waals surface area contributed by atoms with Crippen molar-refractivity contribution in [2.24, 2.45) is 5.28 Å². The molecule has 0 heterocycles. The molecule has 0 saturated carbocycles. The number of amides is 1. The summed E-state index contributed by atoms with van der Waals surface area (Å²) in [4.78, 5) is 29.5. The van der Waals surface area contributed by atoms with Gasteiger partial charge in [0.2, 0.25) is 5.28 Å². The van der Waals surface area contributed by atoms with Gasteiger partial charge in [-0.15, -0.1) is 5.01 Å². The molecule has 178 valence electrons. The summed E-state index contributed by atoms with van der Waals surface area (Å²) >= 11 is 5.96. The quantitative estimate of drug-likeness (QED) is 0.124. The number of carbonyl (C=O) groups is 2. The Morgan fingerprint density at radius 1 is 1.15 bits per heavy atom. The number of nitrogens with zero attached hydrogens (tertiary/aromatic N) is 3. The lowest BCUT2D eigenvalue weighted by Gasteiger charge is -2.13. The van der Waals surface area contributed by atoms with Crippen LogP contribution >= 0.6 is 11.6 Å². The van der Waals surface area contributed by atoms with Crippen LogP contribution in [0.1, 0.15) is 40.1 Å². The Morgan fingerprint density at radius 2 is 1.85 bits per heavy atom. The molecule has 1 N–H and O–H groups in total. The highest BCUT2D eigenvalue weighted by Crippen LogP contribution is 2.22. The van der Waals surface area contributed by atoms with Crippen LogP contribution in [0.2, 0.25) is 5.02 Å². The second-order valence-electron chi connectivity index (χ2n) is 6.70. The van der Waals surface area contributed by atoms with E-state index in [0.29, 0.717) is 52.9 Å². The zero-order valence-electron chi connectivity index (χ0n) is 18.7. The average molecular weight is 479 g/mol. The average Bonchev–Trinajstić information content (AvgIpc) is 2.82. The minimum Gasteiger partial charge on any atom is -0.569 e. The van der Waals surface area contributed by atoms with Crippen molar-refractivity contribution < 1.29 is 28.9 Å². The first-order valence-electron chi connectivity index (χ1n) is 10.3. The van der Waals surface area contributed by atoms with Crippen LogP contribution in [-0.4, -0.2) is 55.4 Å². The topological polar surface area (TPSA) is 116 Å². The van der Waals surface area contributed by atoms with E-state index < -0.39 is 12.8 Å². The standard InChI is InChI=1S/C22H27ClN4O6/c1-4-26(5-2)27(30)25-33-15-32-22(29)17-8-6-16(7-9-17)12-13-24-21(28)19-14-18(23)10-11-20(19)31-3/h6-11,14H,4-5,12-13,15H2,1-3H3,(H,24,28)/b27-25+. The third-order valence-electron chi connectivity index (χ3n) is 4.64. The minimum absolute atomic E-state index is 0.294. The Hall–Kier alpha value is -3.53. The van der Waals surface area contributed by atoms with Crippen LogP contribution in [0.5, 0.6) is 5.75 Å². The fourth-order valence-corrected chi connectivity index (χ4v) is 3.01. The molecule has 2 aromatic carbocycles. The van der Waals surface area contributed by atoms with E-state index in [0.717, 1.165) is 5.56 Å². The van der Waals surface area contributed by atoms with Gasteiger partial charge in [-0.3, -0.25) is 4.79 Å². The van der Waals surface area contributed by atoms with Crippen molar-refractivity contribution >= 4 is 23.5 Å². The Balaban J connectivity index is 1.79. The lowest BCUT2D eigenvalue weighted by Crippen LogP contribution is -2.30. The normalized spacial score (nSPS) is 11.0. The van der Waals surface area contributed by atoms with Crippen LogP contribution in [0.25, 0.3) is 0 Å². The predicted molar refractivity (Wildman–Crippen MR) is 121 cm³/mol. The van der Waals surface area contributed by atoms with Gasteiger partial charge in [0.05, 0.1) is 36.3 Å². The number of hydrogen-bond acceptors (Lipinski definition) is 7. The Labute approximate surface area is 197 Å². The molecule has 33 heavy (non-hydrogen) atoms. The molecule has 0 fully saturated rings. The summed E-state index contributed by atoms with van der Waals surface area (Å²) in [5, 5.41) is 19.5. The summed E-state index contributed by atoms with van der Waals surface area (Å²) in [6.07, 6.45) is 0.552. The number of methoxy groups -OCH3 is 1. The maximum atomic E-state index is 12.4. The largest absolute Gasteiger partial charge is 0.569 e. The van der Waals surface area contributed by atoms with E-state index in [1.165, 1.54) is 12.1 Å². The summed E-state index contributed by atoms with van der Waals surface area (Å²) < 4.78 is 10.1. The highest BCUT2D eigenvalue weighted by atomic mass is 35.5. The molecule has 0 radical (unpaired) electrons. The van der Waals surface area contributed by atoms with Crippen molar-refractivity contribution in [2.75, 3.05) is 33.5 Å². The molecule has 0 spiro atoms. The van der Waals surface area contributed by atoms with Crippen LogP contribution in [0.15, 0.2) is 47.7 Å². The molecule has 10 nitrogen and oxygen atoms in total. The smallest absolute Gasteiger partial charge is 0.341 e. The molecule has 0 saturated heterocycles. The van der Waals surface area contributed by atoms with E-state index in [1.807, 2.05) is 0 Å². The number of rotatable bonds is 12. The van der Waals surface area contributed by atoms with Crippen LogP contribution < -0.4 is 10.1 Å². The first kappa shape index (κ1) is 25.7. The Morgan fingerprint density at radius 3 is 2.48 bits per heavy atom. The van der Waals surface area contributed by atoms with Crippen molar-refractivity contribution in [3.63, 3.8) is 0 Å². The van der Waals surface area contributed by atoms with Gasteiger partial charge in [0.1, 0.15) is 5.75 Å². The van der Waals surface area contributed by atoms with Crippen LogP contribution in [0, 0.1) is 5.21 Å². The zero-order chi connectivity index (χ0) is 24.2. The van der Waals surface area contributed by atoms with Gasteiger partial charge in [0, 0.05) is 11.6 Å². The second-order valence-corrected chi connectivity index (χ2v) is 7.14. The number of halogens is 1. The molecule has 1 amide bonds. The summed E-state index contributed by atoms with van der Waals surface area (Å²) in [7, 11) is 1.48. The summed E-state index contributed by atoms with van der Waals surface area (Å²) in [5.74, 6) is -0.469. The highest BCUT2D eigenvalue weighted by molar-refractivity contribution is 6.31. The zero-order valence-corrected chi connectivity index (χ0v) is 19.5. The van der Waals surface area contributed by atoms with Crippen molar-refractivity contribution in [2.45, 2.75) is 20.3 Å². The van der Waals surface area contributed by atoms with E-state index in [4.69, 9.17) is 25.9 Å². The van der Waals surface area contributed by atoms with Gasteiger partial charge in [0.15, 0.2) is 0 Å². The fraction of sp³-hybridized carbons (Fsp3) is 0.364. The van der Waals surface area contributed by atoms with Gasteiger partial charge in [-0.25, -0.2) is 4.79 Å². The molecule has 0 aromatic heterocycles. The summed E-state index contributed by atoms with van der Waals surface area (Å²) in [6.45, 7) is 4.44. The molecular formula is C22H27ClN4O6. The molecule has 0 unspecified atom stereocenters. The van der Waals surface area contributed by atoms with Crippen LogP contribution in [0.4, 0.5) is 0 Å². The second kappa shape index (κ2) is 13.1. The highest BCUT2D eigenvalue weighted by Gasteiger charge is 2.13. The molecule has 0 atom stereocenters. The SMILES string of the molecule is CCN(CC)/[N+]([O-])=N\OCOC(=O)c1ccc(CCNC(=O)c2cc(Cl)ccc2OC)cc1. The number of esters is 1. The maximum absolute atomic E-state index is 12.4. The van der Waals surface area contributed by atoms with E-state index in [2.05, 4.69) is 10.6 Å². The minimum atomic E-state index is -0.613. The number of benzene rings is 2. The molecule has 0 aliphatic carbocycles. The van der Waals surface area contributed by atoms with Crippen molar-refractivity contribution in [1.82, 2.24) is 10.3 Å². The van der Waals surface area contributed by atoms with Gasteiger partial charge < -0.3 is 24.8 Å². The fourth-order valence-electron chi connectivity index (χ4n) is 2.83. The maximum Gasteiger partial charge on any atom is 0.341 e.